The van der Waals surface area contributed by atoms with Crippen LogP contribution in [0, 0.1) is 5.92 Å². The molecule has 1 atom stereocenters. The average molecular weight is 142 g/mol. The minimum Gasteiger partial charge on any atom is -0.393 e. The monoisotopic (exact) mass is 142 g/mol. The van der Waals surface area contributed by atoms with E-state index in [1.165, 1.54) is 0 Å². The number of aliphatic hydroxyl groups is 2. The summed E-state index contributed by atoms with van der Waals surface area (Å²) in [6.45, 7) is 0. The van der Waals surface area contributed by atoms with Gasteiger partial charge in [0.2, 0.25) is 0 Å². The van der Waals surface area contributed by atoms with E-state index >= 15 is 0 Å². The summed E-state index contributed by atoms with van der Waals surface area (Å²) in [7, 11) is 0. The number of aliphatic hydroxyl groups excluding tert-OH is 1. The molecule has 2 heteroatoms. The minimum absolute atomic E-state index is 0.215. The van der Waals surface area contributed by atoms with Gasteiger partial charge in [-0.25, -0.2) is 0 Å². The highest BCUT2D eigenvalue weighted by atomic mass is 16.3. The van der Waals surface area contributed by atoms with Crippen molar-refractivity contribution < 1.29 is 10.2 Å². The van der Waals surface area contributed by atoms with Crippen molar-refractivity contribution in [2.45, 2.75) is 43.8 Å². The lowest BCUT2D eigenvalue weighted by Crippen LogP contribution is -2.47. The molecule has 0 aromatic heterocycles. The quantitative estimate of drug-likeness (QED) is 0.522. The fraction of sp³-hybridized carbons (Fsp3) is 1.00. The van der Waals surface area contributed by atoms with Crippen LogP contribution in [0.3, 0.4) is 0 Å². The van der Waals surface area contributed by atoms with Gasteiger partial charge in [0.05, 0.1) is 11.7 Å². The van der Waals surface area contributed by atoms with Crippen LogP contribution in [-0.2, 0) is 0 Å². The standard InChI is InChI=1S/C8H14O2/c9-7-5-8(10)3-1-6(7)2-4-8/h6-7,9-10H,1-5H2/t6?,7-,8?/m0/s1. The van der Waals surface area contributed by atoms with E-state index in [9.17, 15) is 10.2 Å². The van der Waals surface area contributed by atoms with Crippen molar-refractivity contribution in [1.29, 1.82) is 0 Å². The third kappa shape index (κ3) is 0.867. The Bertz CT molecular complexity index is 136. The summed E-state index contributed by atoms with van der Waals surface area (Å²) < 4.78 is 0. The summed E-state index contributed by atoms with van der Waals surface area (Å²) in [6, 6.07) is 0. The molecule has 0 amide bonds. The molecule has 3 aliphatic carbocycles. The summed E-state index contributed by atoms with van der Waals surface area (Å²) in [6.07, 6.45) is 4.28. The fourth-order valence-electron chi connectivity index (χ4n) is 2.32. The number of fused-ring (bicyclic) bond motifs is 3. The zero-order valence-corrected chi connectivity index (χ0v) is 6.08. The van der Waals surface area contributed by atoms with Crippen LogP contribution in [0.5, 0.6) is 0 Å². The van der Waals surface area contributed by atoms with Crippen LogP contribution in [-0.4, -0.2) is 21.9 Å². The van der Waals surface area contributed by atoms with Crippen molar-refractivity contribution in [3.8, 4) is 0 Å². The smallest absolute Gasteiger partial charge is 0.0672 e. The summed E-state index contributed by atoms with van der Waals surface area (Å²) in [5.41, 5.74) is -0.492. The molecule has 58 valence electrons. The van der Waals surface area contributed by atoms with Gasteiger partial charge in [-0.05, 0) is 31.6 Å². The van der Waals surface area contributed by atoms with Crippen LogP contribution in [0.25, 0.3) is 0 Å². The van der Waals surface area contributed by atoms with Gasteiger partial charge >= 0.3 is 0 Å². The summed E-state index contributed by atoms with van der Waals surface area (Å²) in [4.78, 5) is 0. The molecule has 2 nitrogen and oxygen atoms in total. The van der Waals surface area contributed by atoms with E-state index in [0.29, 0.717) is 12.3 Å². The molecule has 3 aliphatic rings. The fourth-order valence-corrected chi connectivity index (χ4v) is 2.32. The van der Waals surface area contributed by atoms with Crippen molar-refractivity contribution >= 4 is 0 Å². The Hall–Kier alpha value is -0.0800. The van der Waals surface area contributed by atoms with Gasteiger partial charge in [0, 0.05) is 6.42 Å². The third-order valence-corrected chi connectivity index (χ3v) is 3.09. The maximum atomic E-state index is 9.73. The van der Waals surface area contributed by atoms with Crippen LogP contribution in [0.15, 0.2) is 0 Å². The predicted molar refractivity (Wildman–Crippen MR) is 37.5 cm³/mol. The molecule has 0 radical (unpaired) electrons. The maximum absolute atomic E-state index is 9.73. The molecule has 3 fully saturated rings. The first-order valence-corrected chi connectivity index (χ1v) is 4.10. The largest absolute Gasteiger partial charge is 0.393 e. The Kier molecular flexibility index (Phi) is 1.29. The molecular weight excluding hydrogens is 128 g/mol. The number of hydrogen-bond donors (Lipinski definition) is 2. The van der Waals surface area contributed by atoms with E-state index in [2.05, 4.69) is 0 Å². The lowest BCUT2D eigenvalue weighted by atomic mass is 9.66. The SMILES string of the molecule is O[C@H]1CC2(O)CCC1CC2. The zero-order chi connectivity index (χ0) is 7.19. The van der Waals surface area contributed by atoms with Gasteiger partial charge in [-0.15, -0.1) is 0 Å². The summed E-state index contributed by atoms with van der Waals surface area (Å²) >= 11 is 0. The lowest BCUT2D eigenvalue weighted by Gasteiger charge is -2.45. The molecule has 3 rings (SSSR count). The van der Waals surface area contributed by atoms with Gasteiger partial charge in [-0.3, -0.25) is 0 Å². The van der Waals surface area contributed by atoms with Crippen molar-refractivity contribution in [2.75, 3.05) is 0 Å². The topological polar surface area (TPSA) is 40.5 Å². The molecule has 0 unspecified atom stereocenters. The lowest BCUT2D eigenvalue weighted by molar-refractivity contribution is -0.114. The molecule has 2 N–H and O–H groups in total. The average Bonchev–Trinajstić information content (AvgIpc) is 1.87. The molecule has 0 aromatic carbocycles. The molecule has 3 saturated carbocycles. The van der Waals surface area contributed by atoms with Crippen LogP contribution in [0.1, 0.15) is 32.1 Å². The van der Waals surface area contributed by atoms with E-state index < -0.39 is 5.60 Å². The Labute approximate surface area is 60.9 Å². The second-order valence-corrected chi connectivity index (χ2v) is 3.83. The van der Waals surface area contributed by atoms with Gasteiger partial charge in [-0.1, -0.05) is 0 Å². The van der Waals surface area contributed by atoms with Crippen molar-refractivity contribution in [2.24, 2.45) is 5.92 Å². The summed E-state index contributed by atoms with van der Waals surface area (Å²) in [5.74, 6) is 0.494. The third-order valence-electron chi connectivity index (χ3n) is 3.09. The van der Waals surface area contributed by atoms with Crippen molar-refractivity contribution in [3.05, 3.63) is 0 Å². The van der Waals surface area contributed by atoms with E-state index in [1.54, 1.807) is 0 Å². The molecule has 2 bridgehead atoms. The second-order valence-electron chi connectivity index (χ2n) is 3.83. The number of rotatable bonds is 0. The van der Waals surface area contributed by atoms with Gasteiger partial charge in [0.15, 0.2) is 0 Å². The van der Waals surface area contributed by atoms with Crippen LogP contribution < -0.4 is 0 Å². The minimum atomic E-state index is -0.492. The van der Waals surface area contributed by atoms with E-state index in [1.807, 2.05) is 0 Å². The highest BCUT2D eigenvalue weighted by Gasteiger charge is 2.43. The van der Waals surface area contributed by atoms with Gasteiger partial charge in [0.25, 0.3) is 0 Å². The van der Waals surface area contributed by atoms with E-state index in [4.69, 9.17) is 0 Å². The maximum Gasteiger partial charge on any atom is 0.0672 e. The second kappa shape index (κ2) is 1.95. The van der Waals surface area contributed by atoms with E-state index in [0.717, 1.165) is 25.7 Å². The first kappa shape index (κ1) is 6.62. The first-order valence-electron chi connectivity index (χ1n) is 4.10. The first-order chi connectivity index (χ1) is 4.70. The van der Waals surface area contributed by atoms with E-state index in [-0.39, 0.29) is 6.10 Å². The Morgan fingerprint density at radius 1 is 1.20 bits per heavy atom. The van der Waals surface area contributed by atoms with Gasteiger partial charge in [-0.2, -0.15) is 0 Å². The normalized spacial score (nSPS) is 53.4. The molecule has 0 aromatic rings. The Balaban J connectivity index is 2.14. The van der Waals surface area contributed by atoms with Crippen LogP contribution >= 0.6 is 0 Å². The van der Waals surface area contributed by atoms with Crippen molar-refractivity contribution in [3.63, 3.8) is 0 Å². The molecule has 0 aliphatic heterocycles. The Morgan fingerprint density at radius 3 is 2.10 bits per heavy atom. The van der Waals surface area contributed by atoms with Crippen LogP contribution in [0.4, 0.5) is 0 Å². The van der Waals surface area contributed by atoms with Crippen LogP contribution in [0.2, 0.25) is 0 Å². The highest BCUT2D eigenvalue weighted by Crippen LogP contribution is 2.43. The highest BCUT2D eigenvalue weighted by molar-refractivity contribution is 4.96. The van der Waals surface area contributed by atoms with Crippen molar-refractivity contribution in [1.82, 2.24) is 0 Å². The predicted octanol–water partition coefficient (Wildman–Crippen LogP) is 0.672. The molecular formula is C8H14O2. The zero-order valence-electron chi connectivity index (χ0n) is 6.08. The Morgan fingerprint density at radius 2 is 1.80 bits per heavy atom. The molecule has 0 saturated heterocycles. The molecule has 0 heterocycles. The van der Waals surface area contributed by atoms with Gasteiger partial charge < -0.3 is 10.2 Å². The number of hydrogen-bond acceptors (Lipinski definition) is 2. The molecule has 10 heavy (non-hydrogen) atoms. The molecule has 0 spiro atoms. The van der Waals surface area contributed by atoms with Gasteiger partial charge in [0.1, 0.15) is 0 Å². The summed E-state index contributed by atoms with van der Waals surface area (Å²) in [5, 5.41) is 19.1.